The Kier molecular flexibility index (Phi) is 7.40. The first-order valence-electron chi connectivity index (χ1n) is 8.10. The van der Waals surface area contributed by atoms with Gasteiger partial charge in [0, 0.05) is 21.6 Å². The number of nitrogens with zero attached hydrogens (tertiary/aromatic N) is 1. The van der Waals surface area contributed by atoms with Gasteiger partial charge in [-0.25, -0.2) is 8.42 Å². The third-order valence-corrected chi connectivity index (χ3v) is 5.90. The van der Waals surface area contributed by atoms with Gasteiger partial charge in [0.2, 0.25) is 15.9 Å². The molecule has 0 aliphatic carbocycles. The van der Waals surface area contributed by atoms with E-state index in [0.29, 0.717) is 26.3 Å². The van der Waals surface area contributed by atoms with Crippen molar-refractivity contribution in [3.05, 3.63) is 63.1 Å². The van der Waals surface area contributed by atoms with Crippen LogP contribution in [-0.4, -0.2) is 26.6 Å². The van der Waals surface area contributed by atoms with Gasteiger partial charge in [0.05, 0.1) is 11.9 Å². The maximum Gasteiger partial charge on any atom is 0.244 e. The first kappa shape index (κ1) is 21.8. The van der Waals surface area contributed by atoms with Crippen molar-refractivity contribution in [1.82, 2.24) is 5.32 Å². The smallest absolute Gasteiger partial charge is 0.244 e. The lowest BCUT2D eigenvalue weighted by molar-refractivity contribution is -0.122. The summed E-state index contributed by atoms with van der Waals surface area (Å²) in [6, 6.07) is 10.3. The average molecular weight is 450 g/mol. The number of nitrogens with one attached hydrogen (secondary N) is 1. The SMILES string of the molecule is CCC(C(=O)NCc1ccc(Cl)cc1Cl)N(c1ccc(Cl)cc1)S(C)(=O)=O. The van der Waals surface area contributed by atoms with Crippen LogP contribution in [0.25, 0.3) is 0 Å². The number of carbonyl (C=O) groups excluding carboxylic acids is 1. The Labute approximate surface area is 174 Å². The zero-order valence-corrected chi connectivity index (χ0v) is 17.8. The quantitative estimate of drug-likeness (QED) is 0.676. The number of amides is 1. The van der Waals surface area contributed by atoms with Crippen LogP contribution in [0.3, 0.4) is 0 Å². The van der Waals surface area contributed by atoms with E-state index in [4.69, 9.17) is 34.8 Å². The van der Waals surface area contributed by atoms with E-state index in [1.54, 1.807) is 49.4 Å². The molecule has 2 aromatic rings. The van der Waals surface area contributed by atoms with Crippen molar-refractivity contribution < 1.29 is 13.2 Å². The predicted octanol–water partition coefficient (Wildman–Crippen LogP) is 4.51. The van der Waals surface area contributed by atoms with Crippen LogP contribution in [0.4, 0.5) is 5.69 Å². The summed E-state index contributed by atoms with van der Waals surface area (Å²) in [5.41, 5.74) is 1.05. The summed E-state index contributed by atoms with van der Waals surface area (Å²) in [4.78, 5) is 12.7. The summed E-state index contributed by atoms with van der Waals surface area (Å²) in [6.45, 7) is 1.90. The highest BCUT2D eigenvalue weighted by Gasteiger charge is 2.31. The van der Waals surface area contributed by atoms with Gasteiger partial charge in [-0.05, 0) is 48.4 Å². The molecular formula is C18H19Cl3N2O3S. The third-order valence-electron chi connectivity index (χ3n) is 3.88. The molecule has 146 valence electrons. The molecule has 0 radical (unpaired) electrons. The molecule has 0 aliphatic heterocycles. The Morgan fingerprint density at radius 1 is 1.07 bits per heavy atom. The second-order valence-corrected chi connectivity index (χ2v) is 9.05. The minimum Gasteiger partial charge on any atom is -0.350 e. The van der Waals surface area contributed by atoms with Crippen molar-refractivity contribution in [2.24, 2.45) is 0 Å². The van der Waals surface area contributed by atoms with E-state index in [2.05, 4.69) is 5.32 Å². The van der Waals surface area contributed by atoms with Crippen molar-refractivity contribution in [3.63, 3.8) is 0 Å². The molecule has 0 fully saturated rings. The van der Waals surface area contributed by atoms with Gasteiger partial charge in [-0.3, -0.25) is 9.10 Å². The Balaban J connectivity index is 2.25. The molecular weight excluding hydrogens is 431 g/mol. The Bertz CT molecular complexity index is 918. The van der Waals surface area contributed by atoms with E-state index in [-0.39, 0.29) is 13.0 Å². The molecule has 0 saturated heterocycles. The highest BCUT2D eigenvalue weighted by Crippen LogP contribution is 2.25. The number of sulfonamides is 1. The predicted molar refractivity (Wildman–Crippen MR) is 111 cm³/mol. The first-order chi connectivity index (χ1) is 12.6. The van der Waals surface area contributed by atoms with Crippen LogP contribution < -0.4 is 9.62 Å². The van der Waals surface area contributed by atoms with Gasteiger partial charge >= 0.3 is 0 Å². The largest absolute Gasteiger partial charge is 0.350 e. The summed E-state index contributed by atoms with van der Waals surface area (Å²) in [6.07, 6.45) is 1.35. The topological polar surface area (TPSA) is 66.5 Å². The van der Waals surface area contributed by atoms with Gasteiger partial charge in [-0.1, -0.05) is 47.8 Å². The number of hydrogen-bond acceptors (Lipinski definition) is 3. The van der Waals surface area contributed by atoms with Gasteiger partial charge in [0.25, 0.3) is 0 Å². The van der Waals surface area contributed by atoms with Gasteiger partial charge in [-0.15, -0.1) is 0 Å². The second kappa shape index (κ2) is 9.15. The highest BCUT2D eigenvalue weighted by atomic mass is 35.5. The zero-order chi connectivity index (χ0) is 20.2. The molecule has 0 heterocycles. The fraction of sp³-hybridized carbons (Fsp3) is 0.278. The van der Waals surface area contributed by atoms with Crippen molar-refractivity contribution in [2.75, 3.05) is 10.6 Å². The summed E-state index contributed by atoms with van der Waals surface area (Å²) in [5.74, 6) is -0.427. The van der Waals surface area contributed by atoms with E-state index < -0.39 is 22.0 Å². The highest BCUT2D eigenvalue weighted by molar-refractivity contribution is 7.92. The van der Waals surface area contributed by atoms with Crippen molar-refractivity contribution in [1.29, 1.82) is 0 Å². The number of rotatable bonds is 7. The summed E-state index contributed by atoms with van der Waals surface area (Å²) in [5, 5.41) is 4.14. The molecule has 1 atom stereocenters. The molecule has 0 bridgehead atoms. The Hall–Kier alpha value is -1.47. The molecule has 1 unspecified atom stereocenters. The van der Waals surface area contributed by atoms with Crippen molar-refractivity contribution in [3.8, 4) is 0 Å². The lowest BCUT2D eigenvalue weighted by Crippen LogP contribution is -2.49. The third kappa shape index (κ3) is 5.75. The molecule has 0 aliphatic rings. The van der Waals surface area contributed by atoms with Gasteiger partial charge < -0.3 is 5.32 Å². The zero-order valence-electron chi connectivity index (χ0n) is 14.7. The molecule has 27 heavy (non-hydrogen) atoms. The number of anilines is 1. The van der Waals surface area contributed by atoms with E-state index in [0.717, 1.165) is 10.6 Å². The van der Waals surface area contributed by atoms with Crippen LogP contribution in [0.5, 0.6) is 0 Å². The number of halogens is 3. The minimum absolute atomic E-state index is 0.156. The normalized spacial score (nSPS) is 12.5. The standard InChI is InChI=1S/C18H19Cl3N2O3S/c1-3-17(18(24)22-11-12-4-5-14(20)10-16(12)21)23(27(2,25)26)15-8-6-13(19)7-9-15/h4-10,17H,3,11H2,1-2H3,(H,22,24). The molecule has 1 N–H and O–H groups in total. The molecule has 2 rings (SSSR count). The Morgan fingerprint density at radius 2 is 1.67 bits per heavy atom. The molecule has 2 aromatic carbocycles. The fourth-order valence-corrected chi connectivity index (χ4v) is 4.43. The van der Waals surface area contributed by atoms with E-state index in [1.807, 2.05) is 0 Å². The average Bonchev–Trinajstić information content (AvgIpc) is 2.58. The fourth-order valence-electron chi connectivity index (χ4n) is 2.61. The summed E-state index contributed by atoms with van der Waals surface area (Å²) in [7, 11) is -3.70. The monoisotopic (exact) mass is 448 g/mol. The molecule has 9 heteroatoms. The summed E-state index contributed by atoms with van der Waals surface area (Å²) >= 11 is 17.9. The van der Waals surface area contributed by atoms with E-state index in [1.165, 1.54) is 0 Å². The van der Waals surface area contributed by atoms with Gasteiger partial charge in [0.15, 0.2) is 0 Å². The van der Waals surface area contributed by atoms with Crippen LogP contribution in [0.2, 0.25) is 15.1 Å². The number of hydrogen-bond donors (Lipinski definition) is 1. The second-order valence-electron chi connectivity index (χ2n) is 5.91. The lowest BCUT2D eigenvalue weighted by Gasteiger charge is -2.30. The molecule has 0 saturated carbocycles. The first-order valence-corrected chi connectivity index (χ1v) is 11.1. The number of benzene rings is 2. The van der Waals surface area contributed by atoms with E-state index >= 15 is 0 Å². The molecule has 5 nitrogen and oxygen atoms in total. The van der Waals surface area contributed by atoms with Crippen LogP contribution in [-0.2, 0) is 21.4 Å². The molecule has 0 aromatic heterocycles. The molecule has 1 amide bonds. The van der Waals surface area contributed by atoms with Crippen molar-refractivity contribution in [2.45, 2.75) is 25.9 Å². The maximum absolute atomic E-state index is 12.7. The Morgan fingerprint density at radius 3 is 2.19 bits per heavy atom. The number of carbonyl (C=O) groups is 1. The summed E-state index contributed by atoms with van der Waals surface area (Å²) < 4.78 is 25.8. The lowest BCUT2D eigenvalue weighted by atomic mass is 10.1. The van der Waals surface area contributed by atoms with E-state index in [9.17, 15) is 13.2 Å². The maximum atomic E-state index is 12.7. The van der Waals surface area contributed by atoms with Crippen LogP contribution >= 0.6 is 34.8 Å². The van der Waals surface area contributed by atoms with Crippen LogP contribution in [0.1, 0.15) is 18.9 Å². The van der Waals surface area contributed by atoms with Gasteiger partial charge in [-0.2, -0.15) is 0 Å². The van der Waals surface area contributed by atoms with Crippen LogP contribution in [0.15, 0.2) is 42.5 Å². The van der Waals surface area contributed by atoms with Crippen molar-refractivity contribution >= 4 is 56.4 Å². The minimum atomic E-state index is -3.70. The van der Waals surface area contributed by atoms with Crippen LogP contribution in [0, 0.1) is 0 Å². The molecule has 0 spiro atoms. The van der Waals surface area contributed by atoms with Gasteiger partial charge in [0.1, 0.15) is 6.04 Å².